The van der Waals surface area contributed by atoms with Gasteiger partial charge < -0.3 is 4.32 Å². The van der Waals surface area contributed by atoms with Crippen molar-refractivity contribution in [2.75, 3.05) is 6.26 Å². The van der Waals surface area contributed by atoms with Gasteiger partial charge in [0, 0.05) is 1.34 Å². The number of halogens is 1. The fourth-order valence-corrected chi connectivity index (χ4v) is 0. The molecule has 0 aliphatic carbocycles. The van der Waals surface area contributed by atoms with Crippen LogP contribution in [0.3, 0.4) is 0 Å². The van der Waals surface area contributed by atoms with E-state index in [-0.39, 0.29) is 0 Å². The van der Waals surface area contributed by atoms with Crippen LogP contribution < -0.4 is 0 Å². The summed E-state index contributed by atoms with van der Waals surface area (Å²) in [7, 11) is -5.08. The molecule has 1 N–H and O–H groups in total. The highest BCUT2D eigenvalue weighted by molar-refractivity contribution is 7.85. The largest absolute Gasteiger partial charge is 0.342 e. The second kappa shape index (κ2) is 5.05. The normalized spacial score (nSPS) is 10.8. The first kappa shape index (κ1) is 7.90. The Kier molecular flexibility index (Phi) is 4.99. The molecule has 50 valence electrons. The smallest absolute Gasteiger partial charge is 0.328 e. The summed E-state index contributed by atoms with van der Waals surface area (Å²) in [6, 6.07) is 0. The van der Waals surface area contributed by atoms with Crippen LogP contribution in [0.5, 0.6) is 0 Å². The van der Waals surface area contributed by atoms with Crippen molar-refractivity contribution in [3.63, 3.8) is 0 Å². The summed E-state index contributed by atoms with van der Waals surface area (Å²) in [4.78, 5) is 0. The van der Waals surface area contributed by atoms with Crippen LogP contribution in [0.25, 0.3) is 0 Å². The molecule has 0 bridgehead atoms. The first-order chi connectivity index (χ1) is 3.73. The van der Waals surface area contributed by atoms with Crippen molar-refractivity contribution in [1.82, 2.24) is 0 Å². The van der Waals surface area contributed by atoms with Gasteiger partial charge in [-0.2, -0.15) is 8.42 Å². The van der Waals surface area contributed by atoms with Crippen LogP contribution in [0.4, 0.5) is 4.32 Å². The predicted octanol–water partition coefficient (Wildman–Crippen LogP) is -0.140. The number of rotatable bonds is 0. The maximum atomic E-state index is 10.7. The zero-order valence-electron chi connectivity index (χ0n) is 5.63. The van der Waals surface area contributed by atoms with E-state index in [2.05, 4.69) is 0 Å². The van der Waals surface area contributed by atoms with Crippen molar-refractivity contribution < 1.29 is 17.3 Å². The van der Waals surface area contributed by atoms with E-state index in [4.69, 9.17) is 5.89 Å². The third-order valence-electron chi connectivity index (χ3n) is 0. The second-order valence-corrected chi connectivity index (χ2v) is 2.42. The van der Waals surface area contributed by atoms with Crippen LogP contribution in [0.1, 0.15) is 0 Å². The quantitative estimate of drug-likeness (QED) is 0.380. The van der Waals surface area contributed by atoms with Crippen LogP contribution in [-0.4, -0.2) is 28.1 Å². The van der Waals surface area contributed by atoms with Crippen LogP contribution >= 0.6 is 0 Å². The number of hydrogen-bond donors (Lipinski definition) is 1. The zero-order chi connectivity index (χ0) is 8.08. The van der Waals surface area contributed by atoms with E-state index in [0.29, 0.717) is 6.26 Å². The molecule has 0 aromatic carbocycles. The van der Waals surface area contributed by atoms with Gasteiger partial charge in [0.1, 0.15) is 0 Å². The Labute approximate surface area is 50.3 Å². The first-order valence-corrected chi connectivity index (χ1v) is 3.57. The molecule has 6 heteroatoms. The van der Waals surface area contributed by atoms with Gasteiger partial charge in [-0.1, -0.05) is 6.82 Å². The van der Waals surface area contributed by atoms with E-state index < -0.39 is 17.6 Å². The fraction of sp³-hybridized carbons (Fsp3) is 1.00. The molecule has 0 fully saturated rings. The Hall–Kier alpha value is -0.0951. The summed E-state index contributed by atoms with van der Waals surface area (Å²) in [5, 5.41) is 0. The molecule has 8 heavy (non-hydrogen) atoms. The molecule has 0 saturated carbocycles. The molecule has 3 nitrogen and oxygen atoms in total. The summed E-state index contributed by atoms with van der Waals surface area (Å²) < 4.78 is 42.5. The molecule has 0 aliphatic heterocycles. The van der Waals surface area contributed by atoms with Gasteiger partial charge in [0.05, 0.1) is 6.26 Å². The van der Waals surface area contributed by atoms with Gasteiger partial charge in [-0.3, -0.25) is 4.55 Å². The highest BCUT2D eigenvalue weighted by Crippen LogP contribution is 1.60. The summed E-state index contributed by atoms with van der Waals surface area (Å²) in [6.45, 7) is 1.17. The van der Waals surface area contributed by atoms with Crippen molar-refractivity contribution in [3.05, 3.63) is 0 Å². The minimum atomic E-state index is -3.67. The van der Waals surface area contributed by atoms with Crippen molar-refractivity contribution in [2.24, 2.45) is 0 Å². The monoisotopic (exact) mass is 144 g/mol. The van der Waals surface area contributed by atoms with Gasteiger partial charge in [0.25, 0.3) is 10.1 Å². The molecule has 0 aromatic heterocycles. The summed E-state index contributed by atoms with van der Waals surface area (Å²) in [5.41, 5.74) is 0. The zero-order valence-corrected chi connectivity index (χ0v) is 5.44. The van der Waals surface area contributed by atoms with E-state index in [1.807, 2.05) is 0 Å². The minimum Gasteiger partial charge on any atom is -0.342 e. The first-order valence-electron chi connectivity index (χ1n) is 2.30. The lowest BCUT2D eigenvalue weighted by Gasteiger charge is -1.69. The van der Waals surface area contributed by atoms with Crippen molar-refractivity contribution in [2.45, 2.75) is 6.82 Å². The molecule has 0 saturated heterocycles. The van der Waals surface area contributed by atoms with Gasteiger partial charge in [-0.25, -0.2) is 0 Å². The topological polar surface area (TPSA) is 54.4 Å². The maximum absolute atomic E-state index is 10.7. The molecule has 0 spiro atoms. The Bertz CT molecular complexity index is 133. The summed E-state index contributed by atoms with van der Waals surface area (Å²) >= 11 is 0. The number of hydrogen-bond acceptors (Lipinski definition) is 2. The highest BCUT2D eigenvalue weighted by atomic mass is 32.2. The second-order valence-electron chi connectivity index (χ2n) is 0.951. The Morgan fingerprint density at radius 1 is 1.88 bits per heavy atom. The van der Waals surface area contributed by atoms with Gasteiger partial charge in [0.15, 0.2) is 0 Å². The average Bonchev–Trinajstić information content (AvgIpc) is 1.19. The van der Waals surface area contributed by atoms with Crippen LogP contribution in [0.2, 0.25) is 6.82 Å². The molecule has 0 unspecified atom stereocenters. The molecule has 0 radical (unpaired) electrons. The lowest BCUT2D eigenvalue weighted by molar-refractivity contribution is 0.490. The van der Waals surface area contributed by atoms with Gasteiger partial charge >= 0.3 is 7.52 Å². The van der Waals surface area contributed by atoms with Crippen molar-refractivity contribution >= 4 is 17.6 Å². The predicted molar refractivity (Wildman–Crippen MR) is 31.6 cm³/mol. The third-order valence-corrected chi connectivity index (χ3v) is 0. The third kappa shape index (κ3) is 15700. The molecule has 0 aliphatic rings. The van der Waals surface area contributed by atoms with Gasteiger partial charge in [-0.05, 0) is 0 Å². The summed E-state index contributed by atoms with van der Waals surface area (Å²) in [5.74, 6) is 0. The van der Waals surface area contributed by atoms with E-state index in [1.165, 1.54) is 6.82 Å². The Balaban J connectivity index is 0. The lowest BCUT2D eigenvalue weighted by atomic mass is 10.2. The molecule has 0 rings (SSSR count). The summed E-state index contributed by atoms with van der Waals surface area (Å²) in [6.07, 6.45) is 0.715. The van der Waals surface area contributed by atoms with Crippen LogP contribution in [-0.2, 0) is 10.1 Å². The molecular weight excluding hydrogens is 134 g/mol. The highest BCUT2D eigenvalue weighted by Gasteiger charge is 1.81. The minimum absolute atomic E-state index is 0.715. The molecule has 0 amide bonds. The van der Waals surface area contributed by atoms with Gasteiger partial charge in [0.2, 0.25) is 0 Å². The molecule has 0 atom stereocenters. The Morgan fingerprint density at radius 2 is 1.88 bits per heavy atom. The van der Waals surface area contributed by atoms with E-state index in [9.17, 15) is 12.7 Å². The maximum Gasteiger partial charge on any atom is 0.328 e. The van der Waals surface area contributed by atoms with Crippen molar-refractivity contribution in [1.29, 1.82) is 1.34 Å². The van der Waals surface area contributed by atoms with Crippen molar-refractivity contribution in [3.8, 4) is 0 Å². The lowest BCUT2D eigenvalue weighted by Crippen LogP contribution is -1.88. The molecule has 0 heterocycles. The van der Waals surface area contributed by atoms with Crippen LogP contribution in [0.15, 0.2) is 0 Å². The SMILES string of the molecule is CS(=O)(=O)O.[3H]B(C)F. The Morgan fingerprint density at radius 3 is 1.88 bits per heavy atom. The van der Waals surface area contributed by atoms with Crippen LogP contribution in [0, 0.1) is 0 Å². The van der Waals surface area contributed by atoms with E-state index >= 15 is 0 Å². The van der Waals surface area contributed by atoms with E-state index in [0.717, 1.165) is 0 Å². The standard InChI is InChI=1S/CH4BF.CH4O3S/c1-2-3;1-5(2,3)4/h2H,1H3;1H3,(H,2,3,4)/i2T;. The van der Waals surface area contributed by atoms with Gasteiger partial charge in [-0.15, -0.1) is 0 Å². The van der Waals surface area contributed by atoms with E-state index in [1.54, 1.807) is 0 Å². The molecule has 0 aromatic rings. The molecular formula is C2H8BFO3S. The fourth-order valence-electron chi connectivity index (χ4n) is 0. The average molecular weight is 144 g/mol.